The Morgan fingerprint density at radius 2 is 2.24 bits per heavy atom. The fourth-order valence-corrected chi connectivity index (χ4v) is 2.15. The summed E-state index contributed by atoms with van der Waals surface area (Å²) in [4.78, 5) is 11.1. The zero-order chi connectivity index (χ0) is 12.1. The number of hydrazine groups is 1. The van der Waals surface area contributed by atoms with Crippen LogP contribution in [0.25, 0.3) is 0 Å². The minimum Gasteiger partial charge on any atom is -0.453 e. The van der Waals surface area contributed by atoms with Crippen molar-refractivity contribution < 1.29 is 13.9 Å². The molecule has 0 spiro atoms. The second-order valence-electron chi connectivity index (χ2n) is 4.41. The van der Waals surface area contributed by atoms with Crippen molar-refractivity contribution >= 4 is 5.91 Å². The number of carbonyl (C=O) groups excluding carboxylic acids is 1. The maximum absolute atomic E-state index is 11.1. The molecular formula is C12H18N2O3. The third-order valence-electron chi connectivity index (χ3n) is 3.09. The van der Waals surface area contributed by atoms with Crippen LogP contribution in [-0.2, 0) is 11.3 Å². The maximum atomic E-state index is 11.1. The van der Waals surface area contributed by atoms with Crippen LogP contribution < -0.4 is 11.3 Å². The first-order chi connectivity index (χ1) is 8.29. The number of nitrogen functional groups attached to an aromatic ring is 1. The Morgan fingerprint density at radius 3 is 2.94 bits per heavy atom. The second kappa shape index (κ2) is 5.84. The van der Waals surface area contributed by atoms with Gasteiger partial charge in [0, 0.05) is 6.61 Å². The standard InChI is InChI=1S/C12H18N2O3/c13-14-12(15)11-6-5-10(17-11)8-16-7-9-3-1-2-4-9/h5-6,9H,1-4,7-8,13H2,(H,14,15). The first-order valence-electron chi connectivity index (χ1n) is 5.97. The molecule has 0 atom stereocenters. The van der Waals surface area contributed by atoms with Crippen LogP contribution in [0.5, 0.6) is 0 Å². The fraction of sp³-hybridized carbons (Fsp3) is 0.583. The lowest BCUT2D eigenvalue weighted by atomic mass is 10.1. The van der Waals surface area contributed by atoms with E-state index in [1.165, 1.54) is 25.7 Å². The van der Waals surface area contributed by atoms with Crippen LogP contribution in [0.2, 0.25) is 0 Å². The second-order valence-corrected chi connectivity index (χ2v) is 4.41. The summed E-state index contributed by atoms with van der Waals surface area (Å²) in [5, 5.41) is 0. The predicted octanol–water partition coefficient (Wildman–Crippen LogP) is 1.59. The number of hydrogen-bond acceptors (Lipinski definition) is 4. The molecule has 1 aliphatic rings. The summed E-state index contributed by atoms with van der Waals surface area (Å²) in [6.07, 6.45) is 5.16. The number of rotatable bonds is 5. The van der Waals surface area contributed by atoms with Gasteiger partial charge < -0.3 is 9.15 Å². The van der Waals surface area contributed by atoms with Crippen LogP contribution in [0.15, 0.2) is 16.5 Å². The molecule has 0 radical (unpaired) electrons. The highest BCUT2D eigenvalue weighted by molar-refractivity contribution is 5.90. The minimum absolute atomic E-state index is 0.215. The van der Waals surface area contributed by atoms with Crippen molar-refractivity contribution in [3.05, 3.63) is 23.7 Å². The number of nitrogens with two attached hydrogens (primary N) is 1. The quantitative estimate of drug-likeness (QED) is 0.464. The molecule has 1 aromatic rings. The molecule has 17 heavy (non-hydrogen) atoms. The number of hydrogen-bond donors (Lipinski definition) is 2. The Morgan fingerprint density at radius 1 is 1.47 bits per heavy atom. The molecule has 0 saturated heterocycles. The van der Waals surface area contributed by atoms with Crippen LogP contribution in [0, 0.1) is 5.92 Å². The molecule has 1 saturated carbocycles. The lowest BCUT2D eigenvalue weighted by Crippen LogP contribution is -2.29. The summed E-state index contributed by atoms with van der Waals surface area (Å²) in [6, 6.07) is 3.33. The van der Waals surface area contributed by atoms with E-state index < -0.39 is 5.91 Å². The Bertz CT molecular complexity index is 370. The molecule has 94 valence electrons. The molecule has 5 nitrogen and oxygen atoms in total. The molecule has 3 N–H and O–H groups in total. The summed E-state index contributed by atoms with van der Waals surface area (Å²) in [5.41, 5.74) is 2.02. The smallest absolute Gasteiger partial charge is 0.300 e. The third-order valence-corrected chi connectivity index (χ3v) is 3.09. The van der Waals surface area contributed by atoms with Crippen molar-refractivity contribution in [2.45, 2.75) is 32.3 Å². The molecule has 2 rings (SSSR count). The number of nitrogens with one attached hydrogen (secondary N) is 1. The van der Waals surface area contributed by atoms with Crippen molar-refractivity contribution in [2.75, 3.05) is 6.61 Å². The van der Waals surface area contributed by atoms with Gasteiger partial charge in [-0.3, -0.25) is 10.2 Å². The number of amides is 1. The monoisotopic (exact) mass is 238 g/mol. The lowest BCUT2D eigenvalue weighted by Gasteiger charge is -2.08. The van der Waals surface area contributed by atoms with Crippen molar-refractivity contribution in [1.82, 2.24) is 5.43 Å². The minimum atomic E-state index is -0.424. The number of furan rings is 1. The van der Waals surface area contributed by atoms with E-state index in [1.54, 1.807) is 12.1 Å². The van der Waals surface area contributed by atoms with Crippen LogP contribution >= 0.6 is 0 Å². The molecule has 1 fully saturated rings. The summed E-state index contributed by atoms with van der Waals surface area (Å²) >= 11 is 0. The molecule has 5 heteroatoms. The Kier molecular flexibility index (Phi) is 4.17. The van der Waals surface area contributed by atoms with Gasteiger partial charge in [-0.25, -0.2) is 5.84 Å². The van der Waals surface area contributed by atoms with Crippen molar-refractivity contribution in [1.29, 1.82) is 0 Å². The molecule has 1 aromatic heterocycles. The molecular weight excluding hydrogens is 220 g/mol. The van der Waals surface area contributed by atoms with E-state index in [4.69, 9.17) is 15.0 Å². The first kappa shape index (κ1) is 12.1. The van der Waals surface area contributed by atoms with E-state index in [0.29, 0.717) is 18.3 Å². The first-order valence-corrected chi connectivity index (χ1v) is 5.97. The molecule has 1 heterocycles. The molecule has 0 aromatic carbocycles. The number of ether oxygens (including phenoxy) is 1. The highest BCUT2D eigenvalue weighted by Crippen LogP contribution is 2.25. The van der Waals surface area contributed by atoms with Crippen LogP contribution in [0.3, 0.4) is 0 Å². The summed E-state index contributed by atoms with van der Waals surface area (Å²) in [6.45, 7) is 1.19. The number of carbonyl (C=O) groups is 1. The molecule has 1 amide bonds. The van der Waals surface area contributed by atoms with Gasteiger partial charge in [0.05, 0.1) is 0 Å². The average molecular weight is 238 g/mol. The third kappa shape index (κ3) is 3.31. The Balaban J connectivity index is 1.74. The molecule has 1 aliphatic carbocycles. The van der Waals surface area contributed by atoms with Gasteiger partial charge in [0.25, 0.3) is 0 Å². The summed E-state index contributed by atoms with van der Waals surface area (Å²) < 4.78 is 10.9. The van der Waals surface area contributed by atoms with E-state index in [-0.39, 0.29) is 5.76 Å². The van der Waals surface area contributed by atoms with E-state index >= 15 is 0 Å². The topological polar surface area (TPSA) is 77.5 Å². The van der Waals surface area contributed by atoms with E-state index in [0.717, 1.165) is 6.61 Å². The molecule has 0 unspecified atom stereocenters. The van der Waals surface area contributed by atoms with E-state index in [9.17, 15) is 4.79 Å². The maximum Gasteiger partial charge on any atom is 0.300 e. The van der Waals surface area contributed by atoms with Gasteiger partial charge in [0.2, 0.25) is 0 Å². The van der Waals surface area contributed by atoms with Gasteiger partial charge in [-0.05, 0) is 30.9 Å². The summed E-state index contributed by atoms with van der Waals surface area (Å²) in [7, 11) is 0. The van der Waals surface area contributed by atoms with Crippen molar-refractivity contribution in [2.24, 2.45) is 11.8 Å². The fourth-order valence-electron chi connectivity index (χ4n) is 2.15. The van der Waals surface area contributed by atoms with Gasteiger partial charge in [0.1, 0.15) is 12.4 Å². The Labute approximate surface area is 100 Å². The van der Waals surface area contributed by atoms with E-state index in [2.05, 4.69) is 0 Å². The van der Waals surface area contributed by atoms with Gasteiger partial charge in [-0.2, -0.15) is 0 Å². The van der Waals surface area contributed by atoms with Gasteiger partial charge in [-0.1, -0.05) is 12.8 Å². The van der Waals surface area contributed by atoms with Crippen LogP contribution in [0.1, 0.15) is 42.0 Å². The molecule has 0 aliphatic heterocycles. The van der Waals surface area contributed by atoms with Crippen LogP contribution in [-0.4, -0.2) is 12.5 Å². The van der Waals surface area contributed by atoms with Crippen LogP contribution in [0.4, 0.5) is 0 Å². The van der Waals surface area contributed by atoms with Crippen molar-refractivity contribution in [3.63, 3.8) is 0 Å². The summed E-state index contributed by atoms with van der Waals surface area (Å²) in [5.74, 6) is 6.14. The van der Waals surface area contributed by atoms with Gasteiger partial charge >= 0.3 is 5.91 Å². The highest BCUT2D eigenvalue weighted by Gasteiger charge is 2.15. The van der Waals surface area contributed by atoms with Gasteiger partial charge in [0.15, 0.2) is 5.76 Å². The molecule has 0 bridgehead atoms. The highest BCUT2D eigenvalue weighted by atomic mass is 16.5. The lowest BCUT2D eigenvalue weighted by molar-refractivity contribution is 0.0747. The van der Waals surface area contributed by atoms with Gasteiger partial charge in [-0.15, -0.1) is 0 Å². The predicted molar refractivity (Wildman–Crippen MR) is 62.0 cm³/mol. The Hall–Kier alpha value is -1.33. The van der Waals surface area contributed by atoms with E-state index in [1.807, 2.05) is 5.43 Å². The normalized spacial score (nSPS) is 16.3. The zero-order valence-corrected chi connectivity index (χ0v) is 9.78. The average Bonchev–Trinajstić information content (AvgIpc) is 2.99. The SMILES string of the molecule is NNC(=O)c1ccc(COCC2CCCC2)o1. The largest absolute Gasteiger partial charge is 0.453 e. The van der Waals surface area contributed by atoms with Crippen molar-refractivity contribution in [3.8, 4) is 0 Å². The zero-order valence-electron chi connectivity index (χ0n) is 9.78.